The number of pyridine rings is 1. The van der Waals surface area contributed by atoms with Gasteiger partial charge in [-0.05, 0) is 6.07 Å². The molecule has 0 bridgehead atoms. The maximum atomic E-state index is 9.91. The molecular formula is C5H2Cl2N2O3. The first-order chi connectivity index (χ1) is 5.61. The van der Waals surface area contributed by atoms with Crippen LogP contribution in [-0.4, -0.2) is 10.1 Å². The molecule has 0 radical (unpaired) electrons. The number of halogens is 2. The molecule has 0 aliphatic rings. The summed E-state index contributed by atoms with van der Waals surface area (Å²) in [6.07, 6.45) is 1.32. The van der Waals surface area contributed by atoms with Gasteiger partial charge in [-0.15, -0.1) is 10.1 Å². The Bertz CT molecular complexity index is 297. The van der Waals surface area contributed by atoms with Crippen LogP contribution in [0.4, 0.5) is 0 Å². The van der Waals surface area contributed by atoms with Gasteiger partial charge in [-0.25, -0.2) is 4.98 Å². The molecule has 0 atom stereocenters. The fourth-order valence-corrected chi connectivity index (χ4v) is 0.978. The lowest BCUT2D eigenvalue weighted by Crippen LogP contribution is -2.04. The molecule has 0 saturated carbocycles. The molecule has 12 heavy (non-hydrogen) atoms. The molecule has 0 N–H and O–H groups in total. The lowest BCUT2D eigenvalue weighted by Gasteiger charge is -2.01. The van der Waals surface area contributed by atoms with E-state index in [-0.39, 0.29) is 15.9 Å². The smallest absolute Gasteiger partial charge is 0.271 e. The van der Waals surface area contributed by atoms with Crippen LogP contribution in [0.25, 0.3) is 0 Å². The Hall–Kier alpha value is -1.07. The SMILES string of the molecule is O=[N+]([O-])Oc1c(Cl)ccnc1Cl. The summed E-state index contributed by atoms with van der Waals surface area (Å²) in [4.78, 5) is 17.5. The van der Waals surface area contributed by atoms with Crippen molar-refractivity contribution in [1.29, 1.82) is 0 Å². The summed E-state index contributed by atoms with van der Waals surface area (Å²) in [5.74, 6) is -0.245. The molecule has 0 fully saturated rings. The Labute approximate surface area is 77.0 Å². The van der Waals surface area contributed by atoms with E-state index in [0.29, 0.717) is 0 Å². The van der Waals surface area contributed by atoms with E-state index in [1.165, 1.54) is 12.3 Å². The first-order valence-electron chi connectivity index (χ1n) is 2.73. The van der Waals surface area contributed by atoms with Gasteiger partial charge in [-0.1, -0.05) is 23.2 Å². The van der Waals surface area contributed by atoms with E-state index in [1.54, 1.807) is 0 Å². The van der Waals surface area contributed by atoms with Crippen molar-refractivity contribution in [1.82, 2.24) is 4.98 Å². The molecule has 0 spiro atoms. The predicted molar refractivity (Wildman–Crippen MR) is 41.9 cm³/mol. The van der Waals surface area contributed by atoms with E-state index in [9.17, 15) is 10.1 Å². The highest BCUT2D eigenvalue weighted by molar-refractivity contribution is 6.36. The second-order valence-corrected chi connectivity index (χ2v) is 2.49. The largest absolute Gasteiger partial charge is 0.299 e. The number of hydrogen-bond donors (Lipinski definition) is 0. The summed E-state index contributed by atoms with van der Waals surface area (Å²) < 4.78 is 0. The van der Waals surface area contributed by atoms with Gasteiger partial charge < -0.3 is 0 Å². The molecule has 5 nitrogen and oxygen atoms in total. The summed E-state index contributed by atoms with van der Waals surface area (Å²) in [6, 6.07) is 1.34. The minimum absolute atomic E-state index is 0.0479. The molecule has 1 heterocycles. The second kappa shape index (κ2) is 3.55. The fraction of sp³-hybridized carbons (Fsp3) is 0. The van der Waals surface area contributed by atoms with Crippen LogP contribution in [0.15, 0.2) is 12.3 Å². The van der Waals surface area contributed by atoms with E-state index in [1.807, 2.05) is 0 Å². The predicted octanol–water partition coefficient (Wildman–Crippen LogP) is 1.96. The molecule has 1 aromatic heterocycles. The zero-order valence-electron chi connectivity index (χ0n) is 5.53. The molecule has 7 heteroatoms. The average Bonchev–Trinajstić information content (AvgIpc) is 1.97. The number of hydrogen-bond acceptors (Lipinski definition) is 4. The van der Waals surface area contributed by atoms with Crippen LogP contribution in [0, 0.1) is 10.1 Å². The average molecular weight is 209 g/mol. The molecule has 64 valence electrons. The third-order valence-corrected chi connectivity index (χ3v) is 1.55. The quantitative estimate of drug-likeness (QED) is 0.424. The van der Waals surface area contributed by atoms with E-state index in [2.05, 4.69) is 9.82 Å². The topological polar surface area (TPSA) is 65.3 Å². The standard InChI is InChI=1S/C5H2Cl2N2O3/c6-3-1-2-8-5(7)4(3)12-9(10)11/h1-2H. The normalized spacial score (nSPS) is 9.50. The van der Waals surface area contributed by atoms with E-state index in [4.69, 9.17) is 23.2 Å². The summed E-state index contributed by atoms with van der Waals surface area (Å²) in [5.41, 5.74) is 0. The molecule has 0 aliphatic carbocycles. The van der Waals surface area contributed by atoms with Crippen molar-refractivity contribution < 1.29 is 9.92 Å². The maximum absolute atomic E-state index is 9.91. The highest BCUT2D eigenvalue weighted by Crippen LogP contribution is 2.30. The number of rotatable bonds is 2. The Balaban J connectivity index is 3.04. The van der Waals surface area contributed by atoms with Gasteiger partial charge in [0.05, 0.1) is 5.02 Å². The van der Waals surface area contributed by atoms with Crippen molar-refractivity contribution in [2.45, 2.75) is 0 Å². The van der Waals surface area contributed by atoms with Gasteiger partial charge in [0, 0.05) is 6.20 Å². The van der Waals surface area contributed by atoms with Gasteiger partial charge in [0.1, 0.15) is 0 Å². The van der Waals surface area contributed by atoms with Gasteiger partial charge >= 0.3 is 0 Å². The van der Waals surface area contributed by atoms with E-state index in [0.717, 1.165) is 0 Å². The highest BCUT2D eigenvalue weighted by Gasteiger charge is 2.10. The van der Waals surface area contributed by atoms with Crippen LogP contribution in [-0.2, 0) is 0 Å². The van der Waals surface area contributed by atoms with E-state index < -0.39 is 5.09 Å². The van der Waals surface area contributed by atoms with Crippen LogP contribution < -0.4 is 4.84 Å². The lowest BCUT2D eigenvalue weighted by molar-refractivity contribution is -0.711. The zero-order valence-corrected chi connectivity index (χ0v) is 7.04. The summed E-state index contributed by atoms with van der Waals surface area (Å²) in [7, 11) is 0. The molecule has 0 unspecified atom stereocenters. The highest BCUT2D eigenvalue weighted by atomic mass is 35.5. The van der Waals surface area contributed by atoms with Crippen LogP contribution >= 0.6 is 23.2 Å². The van der Waals surface area contributed by atoms with Crippen molar-refractivity contribution in [2.75, 3.05) is 0 Å². The lowest BCUT2D eigenvalue weighted by atomic mass is 10.5. The molecule has 0 amide bonds. The van der Waals surface area contributed by atoms with Gasteiger partial charge in [-0.2, -0.15) is 0 Å². The molecule has 0 aromatic carbocycles. The number of nitrogens with zero attached hydrogens (tertiary/aromatic N) is 2. The van der Waals surface area contributed by atoms with Crippen LogP contribution in [0.5, 0.6) is 5.75 Å². The van der Waals surface area contributed by atoms with Crippen molar-refractivity contribution >= 4 is 23.2 Å². The molecule has 1 rings (SSSR count). The Morgan fingerprint density at radius 3 is 2.75 bits per heavy atom. The number of aromatic nitrogens is 1. The molecule has 0 aliphatic heterocycles. The fourth-order valence-electron chi connectivity index (χ4n) is 0.557. The maximum Gasteiger partial charge on any atom is 0.299 e. The van der Waals surface area contributed by atoms with Crippen molar-refractivity contribution in [3.63, 3.8) is 0 Å². The van der Waals surface area contributed by atoms with Gasteiger partial charge in [-0.3, -0.25) is 4.84 Å². The van der Waals surface area contributed by atoms with Crippen LogP contribution in [0.2, 0.25) is 10.2 Å². The van der Waals surface area contributed by atoms with Crippen LogP contribution in [0.3, 0.4) is 0 Å². The zero-order chi connectivity index (χ0) is 9.14. The second-order valence-electron chi connectivity index (χ2n) is 1.73. The van der Waals surface area contributed by atoms with E-state index >= 15 is 0 Å². The Morgan fingerprint density at radius 2 is 2.25 bits per heavy atom. The van der Waals surface area contributed by atoms with Gasteiger partial charge in [0.25, 0.3) is 5.09 Å². The van der Waals surface area contributed by atoms with Crippen LogP contribution in [0.1, 0.15) is 0 Å². The third-order valence-electron chi connectivity index (χ3n) is 0.979. The van der Waals surface area contributed by atoms with Crippen molar-refractivity contribution in [3.8, 4) is 5.75 Å². The first kappa shape index (κ1) is 9.02. The third kappa shape index (κ3) is 1.96. The van der Waals surface area contributed by atoms with Crippen molar-refractivity contribution in [2.24, 2.45) is 0 Å². The monoisotopic (exact) mass is 208 g/mol. The summed E-state index contributed by atoms with van der Waals surface area (Å²) in [6.45, 7) is 0. The Kier molecular flexibility index (Phi) is 2.67. The molecule has 1 aromatic rings. The Morgan fingerprint density at radius 1 is 1.58 bits per heavy atom. The first-order valence-corrected chi connectivity index (χ1v) is 3.49. The van der Waals surface area contributed by atoms with Gasteiger partial charge in [0.2, 0.25) is 0 Å². The summed E-state index contributed by atoms with van der Waals surface area (Å²) in [5, 5.41) is 8.81. The molecule has 0 saturated heterocycles. The minimum atomic E-state index is -1.01. The van der Waals surface area contributed by atoms with Gasteiger partial charge in [0.15, 0.2) is 10.9 Å². The molecular weight excluding hydrogens is 207 g/mol. The van der Waals surface area contributed by atoms with Crippen molar-refractivity contribution in [3.05, 3.63) is 32.6 Å². The summed E-state index contributed by atoms with van der Waals surface area (Å²) >= 11 is 11.0. The minimum Gasteiger partial charge on any atom is -0.271 e.